The van der Waals surface area contributed by atoms with Crippen LogP contribution in [0, 0.1) is 27.6 Å². The van der Waals surface area contributed by atoms with Crippen LogP contribution in [0.15, 0.2) is 82.9 Å². The van der Waals surface area contributed by atoms with Crippen LogP contribution in [0.5, 0.6) is 23.0 Å². The van der Waals surface area contributed by atoms with Crippen LogP contribution in [0.25, 0.3) is 0 Å². The first-order valence-corrected chi connectivity index (χ1v) is 19.3. The number of furan rings is 1. The van der Waals surface area contributed by atoms with Crippen molar-refractivity contribution in [3.8, 4) is 23.0 Å². The molecule has 0 bridgehead atoms. The summed E-state index contributed by atoms with van der Waals surface area (Å²) in [6, 6.07) is 13.8. The molecule has 11 nitrogen and oxygen atoms in total. The van der Waals surface area contributed by atoms with Crippen LogP contribution in [-0.2, 0) is 23.9 Å². The maximum atomic E-state index is 14.3. The van der Waals surface area contributed by atoms with E-state index in [1.165, 1.54) is 12.5 Å². The number of aliphatic hydroxyl groups is 1. The number of hydrogen-bond donors (Lipinski definition) is 1. The van der Waals surface area contributed by atoms with Crippen molar-refractivity contribution in [2.75, 3.05) is 20.8 Å². The first-order chi connectivity index (χ1) is 26.6. The number of fused-ring (bicyclic) bond motifs is 8. The lowest BCUT2D eigenvalue weighted by molar-refractivity contribution is -0.200. The van der Waals surface area contributed by atoms with E-state index in [4.69, 9.17) is 32.8 Å². The van der Waals surface area contributed by atoms with Crippen LogP contribution >= 0.6 is 0 Å². The number of epoxide rings is 1. The summed E-state index contributed by atoms with van der Waals surface area (Å²) in [5.74, 6) is 1.73. The molecule has 7 aliphatic rings. The predicted octanol–water partition coefficient (Wildman–Crippen LogP) is 7.75. The number of rotatable bonds is 4. The Balaban J connectivity index is 0.000000166. The van der Waals surface area contributed by atoms with Gasteiger partial charge in [-0.1, -0.05) is 26.0 Å². The summed E-state index contributed by atoms with van der Waals surface area (Å²) in [7, 11) is 3.32. The molecule has 3 aromatic rings. The zero-order valence-corrected chi connectivity index (χ0v) is 33.0. The third kappa shape index (κ3) is 4.57. The molecule has 10 rings (SSSR count). The second-order valence-electron chi connectivity index (χ2n) is 17.6. The Morgan fingerprint density at radius 2 is 1.62 bits per heavy atom. The lowest BCUT2D eigenvalue weighted by Crippen LogP contribution is -2.70. The van der Waals surface area contributed by atoms with Gasteiger partial charge >= 0.3 is 5.97 Å². The molecule has 0 amide bonds. The van der Waals surface area contributed by atoms with Crippen molar-refractivity contribution in [3.63, 3.8) is 0 Å². The number of ether oxygens (including phenoxy) is 6. The van der Waals surface area contributed by atoms with Crippen molar-refractivity contribution in [2.45, 2.75) is 90.1 Å². The second kappa shape index (κ2) is 12.0. The summed E-state index contributed by atoms with van der Waals surface area (Å²) in [6.07, 6.45) is 7.17. The molecule has 3 aliphatic heterocycles. The van der Waals surface area contributed by atoms with Gasteiger partial charge in [0, 0.05) is 46.9 Å². The van der Waals surface area contributed by atoms with Gasteiger partial charge in [0.2, 0.25) is 5.78 Å². The molecule has 4 heterocycles. The maximum Gasteiger partial charge on any atom is 0.302 e. The minimum atomic E-state index is -1.17. The van der Waals surface area contributed by atoms with Crippen molar-refractivity contribution in [2.24, 2.45) is 27.6 Å². The Kier molecular flexibility index (Phi) is 7.84. The van der Waals surface area contributed by atoms with Gasteiger partial charge in [0.25, 0.3) is 0 Å². The number of aliphatic hydroxyl groups excluding tert-OH is 1. The minimum Gasteiger partial charge on any atom is -0.504 e. The fourth-order valence-corrected chi connectivity index (χ4v) is 12.3. The third-order valence-electron chi connectivity index (χ3n) is 14.6. The first-order valence-electron chi connectivity index (χ1n) is 19.3. The number of allylic oxidation sites excluding steroid dienone is 4. The van der Waals surface area contributed by atoms with Gasteiger partial charge in [0.05, 0.1) is 56.2 Å². The smallest absolute Gasteiger partial charge is 0.302 e. The Hall–Kier alpha value is -5.03. The largest absolute Gasteiger partial charge is 0.504 e. The van der Waals surface area contributed by atoms with E-state index in [0.717, 1.165) is 34.1 Å². The normalized spacial score (nSPS) is 37.4. The van der Waals surface area contributed by atoms with E-state index in [1.54, 1.807) is 52.7 Å². The summed E-state index contributed by atoms with van der Waals surface area (Å²) in [6.45, 7) is 11.4. The average molecular weight is 765 g/mol. The van der Waals surface area contributed by atoms with Crippen molar-refractivity contribution < 1.29 is 52.3 Å². The van der Waals surface area contributed by atoms with E-state index in [1.807, 2.05) is 50.2 Å². The lowest BCUT2D eigenvalue weighted by atomic mass is 9.38. The van der Waals surface area contributed by atoms with Gasteiger partial charge in [-0.3, -0.25) is 14.4 Å². The Morgan fingerprint density at radius 1 is 0.929 bits per heavy atom. The molecular formula is C45H48O11. The Morgan fingerprint density at radius 3 is 2.29 bits per heavy atom. The summed E-state index contributed by atoms with van der Waals surface area (Å²) >= 11 is 0. The molecule has 294 valence electrons. The topological polar surface area (TPSA) is 143 Å². The number of benzene rings is 2. The number of hydrogen-bond acceptors (Lipinski definition) is 11. The summed E-state index contributed by atoms with van der Waals surface area (Å²) in [4.78, 5) is 39.6. The summed E-state index contributed by atoms with van der Waals surface area (Å²) in [5, 5.41) is 11.5. The highest BCUT2D eigenvalue weighted by Gasteiger charge is 2.89. The number of Topliss-reactive ketones (excluding diaryl/α,β-unsaturated/α-hetero) is 1. The van der Waals surface area contributed by atoms with Gasteiger partial charge in [0.1, 0.15) is 40.8 Å². The highest BCUT2D eigenvalue weighted by atomic mass is 16.6. The Labute approximate surface area is 325 Å². The molecule has 3 fully saturated rings. The van der Waals surface area contributed by atoms with Gasteiger partial charge in [-0.2, -0.15) is 0 Å². The van der Waals surface area contributed by atoms with Crippen molar-refractivity contribution in [1.82, 2.24) is 0 Å². The molecule has 1 saturated heterocycles. The first kappa shape index (κ1) is 36.6. The van der Waals surface area contributed by atoms with Gasteiger partial charge in [0.15, 0.2) is 11.5 Å². The van der Waals surface area contributed by atoms with Crippen LogP contribution in [0.1, 0.15) is 89.0 Å². The molecule has 11 heteroatoms. The fraction of sp³-hybridized carbons (Fsp3) is 0.489. The van der Waals surface area contributed by atoms with E-state index in [0.29, 0.717) is 25.0 Å². The van der Waals surface area contributed by atoms with E-state index in [9.17, 15) is 19.5 Å². The molecule has 1 aromatic heterocycles. The molecule has 2 saturated carbocycles. The third-order valence-corrected chi connectivity index (χ3v) is 14.6. The standard InChI is InChI=1S/C28H32O7.C17H16O4/c1-14(29)34-17-12-26(5)16(15-8-10-33-13-15)11-19-28(26,35-19)27(6)21(17)25(4)9-7-18(30)24(2,3)22(25)20(31)23(27)32;1-18-10-4-6-13-15(7-10)20-9-14-12-5-3-11(19-2)8-16(12)21-17(13)14/h7-10,13,16-17,19,21,31H,11-12H2,1-6H3;3-8,14,17H,9H2,1-2H3. The van der Waals surface area contributed by atoms with Gasteiger partial charge in [-0.15, -0.1) is 0 Å². The van der Waals surface area contributed by atoms with Crippen LogP contribution < -0.4 is 18.9 Å². The average Bonchev–Trinajstić information content (AvgIpc) is 3.41. The predicted molar refractivity (Wildman–Crippen MR) is 202 cm³/mol. The Bertz CT molecular complexity index is 2230. The van der Waals surface area contributed by atoms with E-state index >= 15 is 0 Å². The van der Waals surface area contributed by atoms with Gasteiger partial charge in [-0.25, -0.2) is 0 Å². The number of esters is 1. The van der Waals surface area contributed by atoms with Gasteiger partial charge in [-0.05, 0) is 81.0 Å². The molecule has 1 spiro atoms. The molecule has 1 N–H and O–H groups in total. The number of methoxy groups -OCH3 is 2. The molecular weight excluding hydrogens is 716 g/mol. The van der Waals surface area contributed by atoms with Crippen molar-refractivity contribution in [1.29, 1.82) is 0 Å². The highest BCUT2D eigenvalue weighted by Crippen LogP contribution is 2.81. The molecule has 2 aromatic carbocycles. The molecule has 56 heavy (non-hydrogen) atoms. The van der Waals surface area contributed by atoms with Crippen LogP contribution in [0.4, 0.5) is 0 Å². The van der Waals surface area contributed by atoms with Crippen molar-refractivity contribution >= 4 is 17.5 Å². The zero-order chi connectivity index (χ0) is 39.7. The van der Waals surface area contributed by atoms with Gasteiger partial charge < -0.3 is 37.9 Å². The second-order valence-corrected chi connectivity index (χ2v) is 17.6. The maximum absolute atomic E-state index is 14.3. The summed E-state index contributed by atoms with van der Waals surface area (Å²) in [5.41, 5.74) is -0.804. The molecule has 10 unspecified atom stereocenters. The molecule has 0 radical (unpaired) electrons. The molecule has 10 atom stereocenters. The summed E-state index contributed by atoms with van der Waals surface area (Å²) < 4.78 is 40.5. The SMILES string of the molecule is CC(=O)OC1CC2(C)C(c3ccoc3)CC3OC32C2(C)C(=O)C(O)=C3C(C)(C)C(=O)C=CC3(C)C12.COc1ccc2c(c1)OC1c3ccc(OC)cc3OCC21. The van der Waals surface area contributed by atoms with Crippen molar-refractivity contribution in [3.05, 3.63) is 95.2 Å². The highest BCUT2D eigenvalue weighted by molar-refractivity contribution is 6.06. The minimum absolute atomic E-state index is 0.00163. The van der Waals surface area contributed by atoms with Crippen LogP contribution in [-0.4, -0.2) is 61.3 Å². The van der Waals surface area contributed by atoms with E-state index in [2.05, 4.69) is 13.0 Å². The lowest BCUT2D eigenvalue weighted by Gasteiger charge is -2.64. The number of carbonyl (C=O) groups is 3. The van der Waals surface area contributed by atoms with Crippen LogP contribution in [0.3, 0.4) is 0 Å². The number of ketones is 2. The van der Waals surface area contributed by atoms with E-state index in [-0.39, 0.29) is 35.6 Å². The molecule has 4 aliphatic carbocycles. The fourth-order valence-electron chi connectivity index (χ4n) is 12.3. The quantitative estimate of drug-likeness (QED) is 0.206. The zero-order valence-electron chi connectivity index (χ0n) is 33.0. The number of carbonyl (C=O) groups excluding carboxylic acids is 3. The monoisotopic (exact) mass is 764 g/mol. The van der Waals surface area contributed by atoms with E-state index < -0.39 is 51.0 Å². The van der Waals surface area contributed by atoms with Crippen LogP contribution in [0.2, 0.25) is 0 Å².